The Morgan fingerprint density at radius 1 is 1.35 bits per heavy atom. The molecule has 0 unspecified atom stereocenters. The fourth-order valence-corrected chi connectivity index (χ4v) is 2.17. The summed E-state index contributed by atoms with van der Waals surface area (Å²) in [7, 11) is 0. The van der Waals surface area contributed by atoms with Gasteiger partial charge in [-0.2, -0.15) is 4.39 Å². The number of benzene rings is 1. The number of rotatable bonds is 2. The monoisotopic (exact) mass is 234 g/mol. The first-order valence-corrected chi connectivity index (χ1v) is 5.88. The van der Waals surface area contributed by atoms with Gasteiger partial charge in [0.2, 0.25) is 5.83 Å². The standard InChI is InChI=1S/C14H15FO2/c1-2-17-14(16)13(15)12-9-5-7-10-6-3-4-8-11(10)12/h3-4,6,8H,2,5,7,9H2,1H3/b13-12+. The van der Waals surface area contributed by atoms with Gasteiger partial charge in [0.15, 0.2) is 0 Å². The van der Waals surface area contributed by atoms with Crippen molar-refractivity contribution in [3.63, 3.8) is 0 Å². The SMILES string of the molecule is CCOC(=O)/C(F)=C1/CCCc2ccccc21. The number of carbonyl (C=O) groups excluding carboxylic acids is 1. The molecule has 3 heteroatoms. The zero-order valence-corrected chi connectivity index (χ0v) is 9.83. The van der Waals surface area contributed by atoms with E-state index in [9.17, 15) is 9.18 Å². The number of hydrogen-bond donors (Lipinski definition) is 0. The molecule has 2 nitrogen and oxygen atoms in total. The Hall–Kier alpha value is -1.64. The summed E-state index contributed by atoms with van der Waals surface area (Å²) < 4.78 is 18.7. The Labute approximate surface area is 100 Å². The van der Waals surface area contributed by atoms with Gasteiger partial charge in [0.1, 0.15) is 0 Å². The molecule has 0 bridgehead atoms. The van der Waals surface area contributed by atoms with Crippen molar-refractivity contribution in [1.29, 1.82) is 0 Å². The largest absolute Gasteiger partial charge is 0.461 e. The molecule has 0 aliphatic heterocycles. The van der Waals surface area contributed by atoms with Crippen LogP contribution < -0.4 is 0 Å². The van der Waals surface area contributed by atoms with E-state index in [4.69, 9.17) is 4.74 Å². The first kappa shape index (κ1) is 11.8. The molecule has 1 aromatic rings. The average Bonchev–Trinajstić information content (AvgIpc) is 2.37. The number of aryl methyl sites for hydroxylation is 1. The molecule has 0 amide bonds. The number of halogens is 1. The molecule has 1 aromatic carbocycles. The van der Waals surface area contributed by atoms with Gasteiger partial charge in [-0.1, -0.05) is 24.3 Å². The zero-order chi connectivity index (χ0) is 12.3. The second-order valence-electron chi connectivity index (χ2n) is 4.02. The highest BCUT2D eigenvalue weighted by molar-refractivity contribution is 5.96. The summed E-state index contributed by atoms with van der Waals surface area (Å²) in [6.45, 7) is 1.87. The highest BCUT2D eigenvalue weighted by Gasteiger charge is 2.22. The van der Waals surface area contributed by atoms with Gasteiger partial charge in [0.25, 0.3) is 0 Å². The maximum atomic E-state index is 14.0. The topological polar surface area (TPSA) is 26.3 Å². The van der Waals surface area contributed by atoms with Crippen LogP contribution in [0.4, 0.5) is 4.39 Å². The Morgan fingerprint density at radius 2 is 2.12 bits per heavy atom. The molecule has 17 heavy (non-hydrogen) atoms. The molecule has 1 aliphatic carbocycles. The van der Waals surface area contributed by atoms with Gasteiger partial charge in [-0.25, -0.2) is 4.79 Å². The molecule has 0 saturated heterocycles. The fourth-order valence-electron chi connectivity index (χ4n) is 2.17. The average molecular weight is 234 g/mol. The third kappa shape index (κ3) is 2.38. The van der Waals surface area contributed by atoms with Gasteiger partial charge < -0.3 is 4.74 Å². The Bertz CT molecular complexity index is 463. The molecule has 0 N–H and O–H groups in total. The van der Waals surface area contributed by atoms with Crippen molar-refractivity contribution in [3.8, 4) is 0 Å². The summed E-state index contributed by atoms with van der Waals surface area (Å²) in [6, 6.07) is 7.64. The lowest BCUT2D eigenvalue weighted by atomic mass is 9.87. The normalized spacial score (nSPS) is 17.3. The third-order valence-corrected chi connectivity index (χ3v) is 2.93. The molecular weight excluding hydrogens is 219 g/mol. The molecule has 0 spiro atoms. The highest BCUT2D eigenvalue weighted by atomic mass is 19.1. The van der Waals surface area contributed by atoms with Gasteiger partial charge in [0.05, 0.1) is 6.61 Å². The van der Waals surface area contributed by atoms with E-state index in [0.29, 0.717) is 12.0 Å². The van der Waals surface area contributed by atoms with Crippen LogP contribution in [0, 0.1) is 0 Å². The lowest BCUT2D eigenvalue weighted by Gasteiger charge is -2.19. The van der Waals surface area contributed by atoms with Gasteiger partial charge >= 0.3 is 5.97 Å². The zero-order valence-electron chi connectivity index (χ0n) is 9.83. The van der Waals surface area contributed by atoms with Crippen LogP contribution in [0.1, 0.15) is 30.9 Å². The van der Waals surface area contributed by atoms with Crippen LogP contribution in [0.2, 0.25) is 0 Å². The molecular formula is C14H15FO2. The number of allylic oxidation sites excluding steroid dienone is 1. The first-order chi connectivity index (χ1) is 8.24. The van der Waals surface area contributed by atoms with E-state index in [1.165, 1.54) is 0 Å². The van der Waals surface area contributed by atoms with E-state index in [2.05, 4.69) is 0 Å². The van der Waals surface area contributed by atoms with E-state index < -0.39 is 11.8 Å². The van der Waals surface area contributed by atoms with Gasteiger partial charge in [0, 0.05) is 5.57 Å². The highest BCUT2D eigenvalue weighted by Crippen LogP contribution is 2.33. The summed E-state index contributed by atoms with van der Waals surface area (Å²) in [5.41, 5.74) is 2.45. The quantitative estimate of drug-likeness (QED) is 0.580. The van der Waals surface area contributed by atoms with E-state index in [0.717, 1.165) is 24.0 Å². The van der Waals surface area contributed by atoms with Gasteiger partial charge in [-0.05, 0) is 37.3 Å². The van der Waals surface area contributed by atoms with Crippen LogP contribution in [-0.4, -0.2) is 12.6 Å². The number of esters is 1. The number of fused-ring (bicyclic) bond motifs is 1. The Balaban J connectivity index is 2.40. The van der Waals surface area contributed by atoms with E-state index in [-0.39, 0.29) is 6.61 Å². The molecule has 0 aromatic heterocycles. The number of ether oxygens (including phenoxy) is 1. The molecule has 0 heterocycles. The minimum atomic E-state index is -0.848. The van der Waals surface area contributed by atoms with Crippen molar-refractivity contribution in [2.24, 2.45) is 0 Å². The van der Waals surface area contributed by atoms with Crippen molar-refractivity contribution in [1.82, 2.24) is 0 Å². The molecule has 0 atom stereocenters. The lowest BCUT2D eigenvalue weighted by Crippen LogP contribution is -2.10. The van der Waals surface area contributed by atoms with Crippen LogP contribution in [0.5, 0.6) is 0 Å². The van der Waals surface area contributed by atoms with Crippen LogP contribution in [0.3, 0.4) is 0 Å². The summed E-state index contributed by atoms with van der Waals surface area (Å²) >= 11 is 0. The molecule has 1 aliphatic rings. The Kier molecular flexibility index (Phi) is 3.57. The van der Waals surface area contributed by atoms with Crippen molar-refractivity contribution in [2.45, 2.75) is 26.2 Å². The summed E-state index contributed by atoms with van der Waals surface area (Å²) in [5.74, 6) is -1.58. The van der Waals surface area contributed by atoms with Crippen molar-refractivity contribution >= 4 is 11.5 Å². The predicted octanol–water partition coefficient (Wildman–Crippen LogP) is 3.27. The van der Waals surface area contributed by atoms with E-state index in [1.54, 1.807) is 6.92 Å². The number of hydrogen-bond acceptors (Lipinski definition) is 2. The molecule has 90 valence electrons. The van der Waals surface area contributed by atoms with Crippen molar-refractivity contribution in [2.75, 3.05) is 6.61 Å². The maximum absolute atomic E-state index is 14.0. The summed E-state index contributed by atoms with van der Waals surface area (Å²) in [5, 5.41) is 0. The first-order valence-electron chi connectivity index (χ1n) is 5.88. The van der Waals surface area contributed by atoms with Crippen LogP contribution in [-0.2, 0) is 16.0 Å². The van der Waals surface area contributed by atoms with Crippen molar-refractivity contribution in [3.05, 3.63) is 41.2 Å². The summed E-state index contributed by atoms with van der Waals surface area (Å²) in [4.78, 5) is 11.4. The van der Waals surface area contributed by atoms with Crippen LogP contribution in [0.25, 0.3) is 5.57 Å². The van der Waals surface area contributed by atoms with E-state index >= 15 is 0 Å². The van der Waals surface area contributed by atoms with Crippen LogP contribution in [0.15, 0.2) is 30.1 Å². The molecule has 0 saturated carbocycles. The molecule has 2 rings (SSSR count). The van der Waals surface area contributed by atoms with Gasteiger partial charge in [-0.3, -0.25) is 0 Å². The summed E-state index contributed by atoms with van der Waals surface area (Å²) in [6.07, 6.45) is 2.41. The second-order valence-corrected chi connectivity index (χ2v) is 4.02. The van der Waals surface area contributed by atoms with Gasteiger partial charge in [-0.15, -0.1) is 0 Å². The lowest BCUT2D eigenvalue weighted by molar-refractivity contribution is -0.140. The maximum Gasteiger partial charge on any atom is 0.367 e. The minimum Gasteiger partial charge on any atom is -0.461 e. The molecule has 0 fully saturated rings. The molecule has 0 radical (unpaired) electrons. The Morgan fingerprint density at radius 3 is 2.88 bits per heavy atom. The number of carbonyl (C=O) groups is 1. The third-order valence-electron chi connectivity index (χ3n) is 2.93. The predicted molar refractivity (Wildman–Crippen MR) is 64.0 cm³/mol. The minimum absolute atomic E-state index is 0.196. The fraction of sp³-hybridized carbons (Fsp3) is 0.357. The van der Waals surface area contributed by atoms with Crippen LogP contribution >= 0.6 is 0 Å². The van der Waals surface area contributed by atoms with Crippen molar-refractivity contribution < 1.29 is 13.9 Å². The van der Waals surface area contributed by atoms with E-state index in [1.807, 2.05) is 24.3 Å². The smallest absolute Gasteiger partial charge is 0.367 e. The second kappa shape index (κ2) is 5.13.